The monoisotopic (exact) mass is 512 g/mol. The molecule has 12 heteroatoms. The summed E-state index contributed by atoms with van der Waals surface area (Å²) in [6.45, 7) is 0. The molecule has 4 aliphatic carbocycles. The highest BCUT2D eigenvalue weighted by molar-refractivity contribution is 5.89. The van der Waals surface area contributed by atoms with Gasteiger partial charge in [-0.05, 0) is 43.5 Å². The van der Waals surface area contributed by atoms with E-state index >= 15 is 0 Å². The normalized spacial score (nSPS) is 24.6. The molecule has 1 aromatic carbocycles. The number of rotatable bonds is 7. The van der Waals surface area contributed by atoms with Crippen LogP contribution in [0.3, 0.4) is 0 Å². The number of nitrogens with one attached hydrogen (secondary N) is 5. The molecule has 37 heavy (non-hydrogen) atoms. The fourth-order valence-electron chi connectivity index (χ4n) is 5.59. The molecule has 2 aromatic heterocycles. The summed E-state index contributed by atoms with van der Waals surface area (Å²) in [6.07, 6.45) is 3.06. The zero-order valence-electron chi connectivity index (χ0n) is 19.8. The number of carbonyl (C=O) groups is 1. The second-order valence-electron chi connectivity index (χ2n) is 10.0. The van der Waals surface area contributed by atoms with Crippen LogP contribution in [0.5, 0.6) is 0 Å². The van der Waals surface area contributed by atoms with Gasteiger partial charge in [-0.1, -0.05) is 18.9 Å². The van der Waals surface area contributed by atoms with Gasteiger partial charge in [-0.2, -0.15) is 23.3 Å². The number of alkyl halides is 3. The highest BCUT2D eigenvalue weighted by Gasteiger charge is 2.62. The van der Waals surface area contributed by atoms with Crippen LogP contribution >= 0.6 is 0 Å². The lowest BCUT2D eigenvalue weighted by Gasteiger charge is -2.64. The standard InChI is InChI=1S/C25H27F3N8O/c26-25(27,28)14-6-3-7-15(10-14)30-24(37)34-22-16-11-17(22)21(16)33-23-29-9-8-19(32-23)31-20-12-18(35-36-20)13-4-1-2-5-13/h3,6-10,12-13,16-17,21-22H,1-2,4-5,11H2,(H2,30,34,37)(H3,29,31,32,33,35,36). The number of nitrogens with zero attached hydrogens (tertiary/aromatic N) is 3. The Kier molecular flexibility index (Phi) is 5.88. The van der Waals surface area contributed by atoms with E-state index in [4.69, 9.17) is 0 Å². The molecule has 0 radical (unpaired) electrons. The lowest BCUT2D eigenvalue weighted by Crippen LogP contribution is -2.75. The molecule has 0 spiro atoms. The van der Waals surface area contributed by atoms with Gasteiger partial charge in [0.1, 0.15) is 5.82 Å². The Morgan fingerprint density at radius 1 is 1.03 bits per heavy atom. The Hall–Kier alpha value is -3.83. The molecule has 4 fully saturated rings. The Morgan fingerprint density at radius 2 is 1.84 bits per heavy atom. The molecule has 0 aliphatic heterocycles. The van der Waals surface area contributed by atoms with Gasteiger partial charge in [0.15, 0.2) is 5.82 Å². The molecule has 4 aliphatic rings. The van der Waals surface area contributed by atoms with Gasteiger partial charge in [0, 0.05) is 53.5 Å². The number of hydrogen-bond acceptors (Lipinski definition) is 6. The molecule has 2 atom stereocenters. The smallest absolute Gasteiger partial charge is 0.351 e. The zero-order valence-corrected chi connectivity index (χ0v) is 19.8. The van der Waals surface area contributed by atoms with E-state index in [0.29, 0.717) is 23.5 Å². The highest BCUT2D eigenvalue weighted by atomic mass is 19.4. The number of halogens is 3. The fourth-order valence-corrected chi connectivity index (χ4v) is 5.59. The summed E-state index contributed by atoms with van der Waals surface area (Å²) in [6, 6.07) is 7.97. The Morgan fingerprint density at radius 3 is 2.59 bits per heavy atom. The van der Waals surface area contributed by atoms with E-state index in [1.54, 1.807) is 12.3 Å². The molecule has 7 rings (SSSR count). The van der Waals surface area contributed by atoms with Crippen molar-refractivity contribution in [2.45, 2.75) is 56.3 Å². The second-order valence-corrected chi connectivity index (χ2v) is 10.0. The van der Waals surface area contributed by atoms with E-state index in [1.807, 2.05) is 6.07 Å². The number of aromatic amines is 1. The Balaban J connectivity index is 1.00. The van der Waals surface area contributed by atoms with Crippen LogP contribution in [0.2, 0.25) is 0 Å². The number of aromatic nitrogens is 4. The van der Waals surface area contributed by atoms with Crippen LogP contribution in [0.25, 0.3) is 0 Å². The van der Waals surface area contributed by atoms with Crippen molar-refractivity contribution in [3.63, 3.8) is 0 Å². The molecule has 4 saturated carbocycles. The van der Waals surface area contributed by atoms with Gasteiger partial charge >= 0.3 is 12.2 Å². The minimum Gasteiger partial charge on any atom is -0.351 e. The van der Waals surface area contributed by atoms with Gasteiger partial charge in [-0.3, -0.25) is 5.10 Å². The summed E-state index contributed by atoms with van der Waals surface area (Å²) in [5.74, 6) is 2.79. The molecule has 0 saturated heterocycles. The minimum atomic E-state index is -4.46. The average molecular weight is 513 g/mol. The van der Waals surface area contributed by atoms with Gasteiger partial charge in [-0.15, -0.1) is 0 Å². The third-order valence-electron chi connectivity index (χ3n) is 7.74. The number of H-pyrrole nitrogens is 1. The van der Waals surface area contributed by atoms with E-state index in [0.717, 1.165) is 24.2 Å². The van der Waals surface area contributed by atoms with Crippen LogP contribution in [-0.2, 0) is 6.18 Å². The van der Waals surface area contributed by atoms with E-state index in [9.17, 15) is 18.0 Å². The predicted octanol–water partition coefficient (Wildman–Crippen LogP) is 5.24. The maximum Gasteiger partial charge on any atom is 0.416 e. The molecule has 5 N–H and O–H groups in total. The van der Waals surface area contributed by atoms with E-state index in [-0.39, 0.29) is 29.6 Å². The van der Waals surface area contributed by atoms with Crippen molar-refractivity contribution < 1.29 is 18.0 Å². The number of hydrogen-bond donors (Lipinski definition) is 5. The maximum atomic E-state index is 12.9. The summed E-state index contributed by atoms with van der Waals surface area (Å²) in [5.41, 5.74) is 0.442. The average Bonchev–Trinajstić information content (AvgIpc) is 3.52. The third-order valence-corrected chi connectivity index (χ3v) is 7.74. The number of anilines is 4. The summed E-state index contributed by atoms with van der Waals surface area (Å²) in [7, 11) is 0. The van der Waals surface area contributed by atoms with Crippen LogP contribution in [0.1, 0.15) is 49.3 Å². The maximum absolute atomic E-state index is 12.9. The molecule has 2 unspecified atom stereocenters. The summed E-state index contributed by atoms with van der Waals surface area (Å²) >= 11 is 0. The first-order valence-corrected chi connectivity index (χ1v) is 12.5. The van der Waals surface area contributed by atoms with Crippen LogP contribution < -0.4 is 21.3 Å². The molecular formula is C25H27F3N8O. The number of benzene rings is 1. The van der Waals surface area contributed by atoms with Gasteiger partial charge in [0.2, 0.25) is 5.95 Å². The first-order valence-electron chi connectivity index (χ1n) is 12.5. The molecule has 2 heterocycles. The summed E-state index contributed by atoms with van der Waals surface area (Å²) < 4.78 is 38.7. The van der Waals surface area contributed by atoms with Gasteiger partial charge in [-0.25, -0.2) is 9.78 Å². The van der Waals surface area contributed by atoms with E-state index in [2.05, 4.69) is 41.4 Å². The fraction of sp³-hybridized carbons (Fsp3) is 0.440. The quantitative estimate of drug-likeness (QED) is 0.295. The van der Waals surface area contributed by atoms with Crippen molar-refractivity contribution in [1.82, 2.24) is 25.5 Å². The van der Waals surface area contributed by atoms with Gasteiger partial charge < -0.3 is 21.3 Å². The highest BCUT2D eigenvalue weighted by Crippen LogP contribution is 2.54. The Bertz CT molecular complexity index is 1280. The van der Waals surface area contributed by atoms with Crippen molar-refractivity contribution in [3.8, 4) is 0 Å². The minimum absolute atomic E-state index is 0.0392. The molecule has 9 nitrogen and oxygen atoms in total. The van der Waals surface area contributed by atoms with E-state index < -0.39 is 17.8 Å². The topological polar surface area (TPSA) is 120 Å². The molecular weight excluding hydrogens is 485 g/mol. The zero-order chi connectivity index (χ0) is 25.6. The summed E-state index contributed by atoms with van der Waals surface area (Å²) in [4.78, 5) is 21.2. The lowest BCUT2D eigenvalue weighted by atomic mass is 9.48. The van der Waals surface area contributed by atoms with E-state index in [1.165, 1.54) is 37.8 Å². The van der Waals surface area contributed by atoms with Crippen molar-refractivity contribution in [2.24, 2.45) is 11.8 Å². The van der Waals surface area contributed by atoms with Gasteiger partial charge in [0.25, 0.3) is 0 Å². The number of urea groups is 1. The van der Waals surface area contributed by atoms with Crippen LogP contribution in [0.4, 0.5) is 41.2 Å². The van der Waals surface area contributed by atoms with Crippen molar-refractivity contribution in [2.75, 3.05) is 16.0 Å². The molecule has 2 amide bonds. The predicted molar refractivity (Wildman–Crippen MR) is 132 cm³/mol. The number of carbonyl (C=O) groups excluding carboxylic acids is 1. The van der Waals surface area contributed by atoms with Crippen molar-refractivity contribution in [3.05, 3.63) is 53.9 Å². The lowest BCUT2D eigenvalue weighted by molar-refractivity contribution is -0.137. The first-order chi connectivity index (χ1) is 17.8. The summed E-state index contributed by atoms with van der Waals surface area (Å²) in [5, 5.41) is 19.4. The molecule has 194 valence electrons. The molecule has 2 bridgehead atoms. The van der Waals surface area contributed by atoms with Crippen molar-refractivity contribution >= 4 is 29.3 Å². The van der Waals surface area contributed by atoms with Gasteiger partial charge in [0.05, 0.1) is 5.56 Å². The van der Waals surface area contributed by atoms with Crippen LogP contribution in [0.15, 0.2) is 42.6 Å². The number of amides is 2. The second kappa shape index (κ2) is 9.24. The van der Waals surface area contributed by atoms with Crippen LogP contribution in [-0.4, -0.2) is 38.3 Å². The third kappa shape index (κ3) is 4.79. The Labute approximate surface area is 211 Å². The van der Waals surface area contributed by atoms with Crippen LogP contribution in [0, 0.1) is 11.8 Å². The molecule has 3 aromatic rings. The largest absolute Gasteiger partial charge is 0.416 e. The SMILES string of the molecule is O=C(Nc1cccc(C(F)(F)F)c1)NC1C2CC1C2Nc1nccc(Nc2cc(C3CCCC3)[nH]n2)n1. The van der Waals surface area contributed by atoms with Crippen molar-refractivity contribution in [1.29, 1.82) is 0 Å². The first kappa shape index (κ1) is 23.6.